The number of allylic oxidation sites excluding steroid dienone is 3. The van der Waals surface area contributed by atoms with Crippen molar-refractivity contribution in [3.63, 3.8) is 0 Å². The molecule has 0 aliphatic carbocycles. The molecule has 26 heavy (non-hydrogen) atoms. The van der Waals surface area contributed by atoms with E-state index in [4.69, 9.17) is 4.74 Å². The summed E-state index contributed by atoms with van der Waals surface area (Å²) in [4.78, 5) is 23.4. The summed E-state index contributed by atoms with van der Waals surface area (Å²) in [6.45, 7) is 7.92. The lowest BCUT2D eigenvalue weighted by Gasteiger charge is -2.16. The Morgan fingerprint density at radius 1 is 1.35 bits per heavy atom. The Kier molecular flexibility index (Phi) is 6.35. The average molecular weight is 353 g/mol. The maximum atomic E-state index is 12.1. The summed E-state index contributed by atoms with van der Waals surface area (Å²) < 4.78 is 9.81. The smallest absolute Gasteiger partial charge is 0.340 e. The van der Waals surface area contributed by atoms with Crippen molar-refractivity contribution >= 4 is 11.9 Å². The quantitative estimate of drug-likeness (QED) is 0.552. The predicted molar refractivity (Wildman–Crippen MR) is 97.6 cm³/mol. The molecule has 0 saturated heterocycles. The van der Waals surface area contributed by atoms with Crippen LogP contribution in [0.2, 0.25) is 0 Å². The number of hydrogen-bond donors (Lipinski definition) is 0. The van der Waals surface area contributed by atoms with Gasteiger partial charge in [-0.15, -0.1) is 6.58 Å². The Bertz CT molecular complexity index is 828. The van der Waals surface area contributed by atoms with E-state index in [0.29, 0.717) is 36.8 Å². The van der Waals surface area contributed by atoms with Crippen LogP contribution in [0.5, 0.6) is 0 Å². The van der Waals surface area contributed by atoms with Gasteiger partial charge in [-0.05, 0) is 49.8 Å². The first kappa shape index (κ1) is 19.5. The van der Waals surface area contributed by atoms with Crippen molar-refractivity contribution in [1.29, 1.82) is 5.26 Å². The molecule has 0 aromatic heterocycles. The number of esters is 2. The van der Waals surface area contributed by atoms with E-state index < -0.39 is 5.97 Å². The number of nitriles is 1. The Labute approximate surface area is 153 Å². The van der Waals surface area contributed by atoms with Gasteiger partial charge >= 0.3 is 11.9 Å². The van der Waals surface area contributed by atoms with E-state index in [1.807, 2.05) is 19.9 Å². The summed E-state index contributed by atoms with van der Waals surface area (Å²) in [7, 11) is 1.37. The fourth-order valence-corrected chi connectivity index (χ4v) is 3.21. The molecule has 0 atom stereocenters. The Morgan fingerprint density at radius 2 is 2.08 bits per heavy atom. The van der Waals surface area contributed by atoms with Gasteiger partial charge in [0.25, 0.3) is 0 Å². The molecule has 1 heterocycles. The van der Waals surface area contributed by atoms with Gasteiger partial charge in [0.05, 0.1) is 18.2 Å². The molecule has 0 spiro atoms. The molecule has 5 heteroatoms. The molecular formula is C21H23NO4. The van der Waals surface area contributed by atoms with E-state index in [0.717, 1.165) is 27.8 Å². The van der Waals surface area contributed by atoms with E-state index in [-0.39, 0.29) is 12.6 Å². The third-order valence-electron chi connectivity index (χ3n) is 4.74. The van der Waals surface area contributed by atoms with Crippen LogP contribution in [0.25, 0.3) is 0 Å². The second-order valence-corrected chi connectivity index (χ2v) is 6.32. The van der Waals surface area contributed by atoms with Crippen LogP contribution in [0.1, 0.15) is 57.9 Å². The summed E-state index contributed by atoms with van der Waals surface area (Å²) in [5, 5.41) is 9.69. The van der Waals surface area contributed by atoms with E-state index in [1.54, 1.807) is 6.08 Å². The molecule has 1 aromatic carbocycles. The van der Waals surface area contributed by atoms with E-state index >= 15 is 0 Å². The summed E-state index contributed by atoms with van der Waals surface area (Å²) in [6, 6.07) is 2.20. The van der Waals surface area contributed by atoms with Crippen LogP contribution in [-0.4, -0.2) is 19.0 Å². The minimum absolute atomic E-state index is 0.215. The van der Waals surface area contributed by atoms with Crippen LogP contribution in [0.4, 0.5) is 0 Å². The van der Waals surface area contributed by atoms with Crippen molar-refractivity contribution in [2.45, 2.75) is 46.1 Å². The fraction of sp³-hybridized carbons (Fsp3) is 0.381. The summed E-state index contributed by atoms with van der Waals surface area (Å²) in [5.74, 6) is -0.684. The number of ether oxygens (including phenoxy) is 2. The monoisotopic (exact) mass is 353 g/mol. The molecule has 1 aromatic rings. The summed E-state index contributed by atoms with van der Waals surface area (Å²) >= 11 is 0. The van der Waals surface area contributed by atoms with Crippen molar-refractivity contribution in [3.8, 4) is 6.07 Å². The number of nitrogens with zero attached hydrogens (tertiary/aromatic N) is 1. The number of rotatable bonds is 7. The van der Waals surface area contributed by atoms with Crippen LogP contribution in [-0.2, 0) is 33.7 Å². The van der Waals surface area contributed by atoms with Gasteiger partial charge in [-0.1, -0.05) is 17.7 Å². The molecule has 5 nitrogen and oxygen atoms in total. The number of methoxy groups -OCH3 is 1. The molecule has 1 aliphatic rings. The van der Waals surface area contributed by atoms with Crippen molar-refractivity contribution in [2.75, 3.05) is 7.11 Å². The minimum Gasteiger partial charge on any atom is -0.469 e. The van der Waals surface area contributed by atoms with Gasteiger partial charge in [-0.25, -0.2) is 4.79 Å². The highest BCUT2D eigenvalue weighted by Gasteiger charge is 2.30. The second kappa shape index (κ2) is 8.48. The number of benzene rings is 1. The largest absolute Gasteiger partial charge is 0.469 e. The highest BCUT2D eigenvalue weighted by atomic mass is 16.5. The zero-order valence-electron chi connectivity index (χ0n) is 15.5. The summed E-state index contributed by atoms with van der Waals surface area (Å²) in [5.41, 5.74) is 5.46. The normalized spacial score (nSPS) is 13.0. The second-order valence-electron chi connectivity index (χ2n) is 6.32. The molecule has 0 N–H and O–H groups in total. The van der Waals surface area contributed by atoms with Crippen molar-refractivity contribution in [3.05, 3.63) is 57.7 Å². The van der Waals surface area contributed by atoms with E-state index in [9.17, 15) is 14.9 Å². The van der Waals surface area contributed by atoms with Gasteiger partial charge in [-0.3, -0.25) is 4.79 Å². The standard InChI is InChI=1S/C21H23NO4/c1-5-6-15-14(3)18-12-26-21(24)20(18)17(11-22)16(15)9-7-13(2)8-10-19(23)25-4/h5,7H,1,6,8-10,12H2,2-4H3/b13-7+. The molecule has 0 amide bonds. The van der Waals surface area contributed by atoms with Crippen molar-refractivity contribution in [1.82, 2.24) is 0 Å². The molecule has 1 aliphatic heterocycles. The third-order valence-corrected chi connectivity index (χ3v) is 4.74. The van der Waals surface area contributed by atoms with Gasteiger partial charge in [0.15, 0.2) is 0 Å². The SMILES string of the molecule is C=CCc1c(C)c2c(c(C#N)c1C/C=C(\C)CCC(=O)OC)C(=O)OC2. The molecule has 136 valence electrons. The van der Waals surface area contributed by atoms with Crippen LogP contribution < -0.4 is 0 Å². The van der Waals surface area contributed by atoms with Crippen LogP contribution in [0.3, 0.4) is 0 Å². The van der Waals surface area contributed by atoms with Crippen LogP contribution in [0, 0.1) is 18.3 Å². The lowest BCUT2D eigenvalue weighted by molar-refractivity contribution is -0.140. The maximum absolute atomic E-state index is 12.1. The zero-order chi connectivity index (χ0) is 19.3. The Balaban J connectivity index is 2.44. The molecule has 0 radical (unpaired) electrons. The minimum atomic E-state index is -0.433. The zero-order valence-corrected chi connectivity index (χ0v) is 15.5. The third kappa shape index (κ3) is 3.85. The van der Waals surface area contributed by atoms with Crippen molar-refractivity contribution < 1.29 is 19.1 Å². The first-order chi connectivity index (χ1) is 12.4. The lowest BCUT2D eigenvalue weighted by atomic mass is 9.85. The summed E-state index contributed by atoms with van der Waals surface area (Å²) in [6.07, 6.45) is 5.84. The number of carbonyl (C=O) groups excluding carboxylic acids is 2. The lowest BCUT2D eigenvalue weighted by Crippen LogP contribution is -2.08. The molecule has 0 unspecified atom stereocenters. The molecular weight excluding hydrogens is 330 g/mol. The fourth-order valence-electron chi connectivity index (χ4n) is 3.21. The highest BCUT2D eigenvalue weighted by molar-refractivity contribution is 5.97. The highest BCUT2D eigenvalue weighted by Crippen LogP contribution is 2.34. The molecule has 0 bridgehead atoms. The van der Waals surface area contributed by atoms with Crippen molar-refractivity contribution in [2.24, 2.45) is 0 Å². The Hall–Kier alpha value is -2.87. The average Bonchev–Trinajstić information content (AvgIpc) is 3.02. The number of fused-ring (bicyclic) bond motifs is 1. The topological polar surface area (TPSA) is 76.4 Å². The van der Waals surface area contributed by atoms with E-state index in [2.05, 4.69) is 17.4 Å². The number of carbonyl (C=O) groups is 2. The molecule has 0 saturated carbocycles. The molecule has 0 fully saturated rings. The first-order valence-electron chi connectivity index (χ1n) is 8.52. The number of hydrogen-bond acceptors (Lipinski definition) is 5. The van der Waals surface area contributed by atoms with Gasteiger partial charge < -0.3 is 9.47 Å². The van der Waals surface area contributed by atoms with Crippen LogP contribution in [0.15, 0.2) is 24.3 Å². The van der Waals surface area contributed by atoms with Gasteiger partial charge in [0.1, 0.15) is 12.7 Å². The predicted octanol–water partition coefficient (Wildman–Crippen LogP) is 3.71. The number of cyclic esters (lactones) is 1. The van der Waals surface area contributed by atoms with E-state index in [1.165, 1.54) is 7.11 Å². The Morgan fingerprint density at radius 3 is 2.69 bits per heavy atom. The van der Waals surface area contributed by atoms with Crippen LogP contribution >= 0.6 is 0 Å². The molecule has 2 rings (SSSR count). The van der Waals surface area contributed by atoms with Gasteiger partial charge in [0, 0.05) is 12.0 Å². The van der Waals surface area contributed by atoms with Gasteiger partial charge in [-0.2, -0.15) is 5.26 Å². The first-order valence-corrected chi connectivity index (χ1v) is 8.52. The maximum Gasteiger partial charge on any atom is 0.340 e. The van der Waals surface area contributed by atoms with Gasteiger partial charge in [0.2, 0.25) is 0 Å².